The van der Waals surface area contributed by atoms with E-state index in [9.17, 15) is 0 Å². The van der Waals surface area contributed by atoms with Crippen LogP contribution in [-0.2, 0) is 6.42 Å². The van der Waals surface area contributed by atoms with Crippen LogP contribution in [0, 0.1) is 12.8 Å². The van der Waals surface area contributed by atoms with Gasteiger partial charge in [0.25, 0.3) is 0 Å². The zero-order valence-corrected chi connectivity index (χ0v) is 16.7. The van der Waals surface area contributed by atoms with E-state index in [1.54, 1.807) is 5.56 Å². The second-order valence-corrected chi connectivity index (χ2v) is 9.03. The smallest absolute Gasteiger partial charge is 0.0402 e. The zero-order valence-electron chi connectivity index (χ0n) is 16.7. The lowest BCUT2D eigenvalue weighted by Crippen LogP contribution is -2.20. The first kappa shape index (κ1) is 18.6. The van der Waals surface area contributed by atoms with Gasteiger partial charge in [-0.3, -0.25) is 0 Å². The predicted octanol–water partition coefficient (Wildman–Crippen LogP) is 6.45. The second kappa shape index (κ2) is 8.01. The molecule has 2 heteroatoms. The van der Waals surface area contributed by atoms with Crippen molar-refractivity contribution in [2.24, 2.45) is 5.92 Å². The average molecular weight is 343 g/mol. The van der Waals surface area contributed by atoms with Crippen molar-refractivity contribution in [3.05, 3.63) is 22.3 Å². The molecule has 0 spiro atoms. The fraction of sp³-hybridized carbons (Fsp3) is 0.739. The van der Waals surface area contributed by atoms with Gasteiger partial charge >= 0.3 is 0 Å². The van der Waals surface area contributed by atoms with E-state index < -0.39 is 0 Å². The van der Waals surface area contributed by atoms with Gasteiger partial charge in [0.2, 0.25) is 0 Å². The predicted molar refractivity (Wildman–Crippen MR) is 110 cm³/mol. The third-order valence-electron chi connectivity index (χ3n) is 6.68. The summed E-state index contributed by atoms with van der Waals surface area (Å²) in [6, 6.07) is 0. The van der Waals surface area contributed by atoms with Crippen molar-refractivity contribution in [3.8, 4) is 0 Å². The molecule has 2 fully saturated rings. The van der Waals surface area contributed by atoms with E-state index in [1.807, 2.05) is 0 Å². The fourth-order valence-electron chi connectivity index (χ4n) is 5.34. The van der Waals surface area contributed by atoms with Gasteiger partial charge < -0.3 is 11.5 Å². The highest BCUT2D eigenvalue weighted by molar-refractivity contribution is 5.73. The van der Waals surface area contributed by atoms with Gasteiger partial charge in [0.1, 0.15) is 0 Å². The average Bonchev–Trinajstić information content (AvgIpc) is 2.63. The van der Waals surface area contributed by atoms with Crippen LogP contribution < -0.4 is 11.5 Å². The topological polar surface area (TPSA) is 52.0 Å². The molecule has 0 bridgehead atoms. The van der Waals surface area contributed by atoms with Crippen molar-refractivity contribution >= 4 is 11.4 Å². The lowest BCUT2D eigenvalue weighted by molar-refractivity contribution is 0.417. The van der Waals surface area contributed by atoms with Crippen LogP contribution in [0.5, 0.6) is 0 Å². The molecule has 2 nitrogen and oxygen atoms in total. The molecule has 0 heterocycles. The van der Waals surface area contributed by atoms with Crippen LogP contribution in [0.4, 0.5) is 11.4 Å². The number of rotatable bonds is 4. The molecule has 0 saturated heterocycles. The van der Waals surface area contributed by atoms with Crippen LogP contribution in [0.15, 0.2) is 0 Å². The van der Waals surface area contributed by atoms with Gasteiger partial charge in [-0.15, -0.1) is 0 Å². The van der Waals surface area contributed by atoms with Gasteiger partial charge in [0.05, 0.1) is 0 Å². The third kappa shape index (κ3) is 3.83. The maximum absolute atomic E-state index is 6.74. The minimum absolute atomic E-state index is 0.631. The normalized spacial score (nSPS) is 20.3. The molecule has 140 valence electrons. The molecule has 2 aliphatic carbocycles. The number of anilines is 2. The van der Waals surface area contributed by atoms with Crippen molar-refractivity contribution in [1.29, 1.82) is 0 Å². The summed E-state index contributed by atoms with van der Waals surface area (Å²) in [6.45, 7) is 6.78. The molecule has 0 aliphatic heterocycles. The lowest BCUT2D eigenvalue weighted by atomic mass is 9.71. The number of nitrogen functional groups attached to an aromatic ring is 2. The molecule has 25 heavy (non-hydrogen) atoms. The van der Waals surface area contributed by atoms with Crippen LogP contribution in [0.1, 0.15) is 112 Å². The van der Waals surface area contributed by atoms with E-state index in [4.69, 9.17) is 11.5 Å². The highest BCUT2D eigenvalue weighted by Crippen LogP contribution is 2.48. The summed E-state index contributed by atoms with van der Waals surface area (Å²) >= 11 is 0. The van der Waals surface area contributed by atoms with Crippen molar-refractivity contribution in [2.75, 3.05) is 11.5 Å². The Balaban J connectivity index is 2.16. The molecule has 0 atom stereocenters. The number of nitrogens with two attached hydrogens (primary N) is 2. The van der Waals surface area contributed by atoms with E-state index in [2.05, 4.69) is 20.8 Å². The van der Waals surface area contributed by atoms with Gasteiger partial charge in [-0.2, -0.15) is 0 Å². The van der Waals surface area contributed by atoms with E-state index in [0.29, 0.717) is 17.8 Å². The summed E-state index contributed by atoms with van der Waals surface area (Å²) in [7, 11) is 0. The molecular weight excluding hydrogens is 304 g/mol. The molecule has 1 aromatic rings. The molecule has 1 aromatic carbocycles. The molecular formula is C23H38N2. The summed E-state index contributed by atoms with van der Waals surface area (Å²) in [5.41, 5.74) is 21.1. The zero-order chi connectivity index (χ0) is 18.0. The van der Waals surface area contributed by atoms with Crippen molar-refractivity contribution in [2.45, 2.75) is 103 Å². The van der Waals surface area contributed by atoms with Crippen LogP contribution >= 0.6 is 0 Å². The monoisotopic (exact) mass is 342 g/mol. The Morgan fingerprint density at radius 1 is 0.760 bits per heavy atom. The Hall–Kier alpha value is -1.18. The molecule has 0 amide bonds. The van der Waals surface area contributed by atoms with Crippen molar-refractivity contribution < 1.29 is 0 Å². The highest BCUT2D eigenvalue weighted by atomic mass is 14.7. The summed E-state index contributed by atoms with van der Waals surface area (Å²) in [5, 5.41) is 0. The standard InChI is InChI=1S/C23H38N2/c1-15(2)14-19-20(17-10-6-4-7-11-17)21(18-12-8-5-9-13-18)23(25)16(3)22(19)24/h15,17-18H,4-14,24-25H2,1-3H3. The van der Waals surface area contributed by atoms with Gasteiger partial charge in [0.15, 0.2) is 0 Å². The van der Waals surface area contributed by atoms with Crippen molar-refractivity contribution in [3.63, 3.8) is 0 Å². The highest BCUT2D eigenvalue weighted by Gasteiger charge is 2.30. The van der Waals surface area contributed by atoms with Crippen LogP contribution in [-0.4, -0.2) is 0 Å². The molecule has 0 aromatic heterocycles. The first-order valence-corrected chi connectivity index (χ1v) is 10.7. The quantitative estimate of drug-likeness (QED) is 0.617. The Bertz CT molecular complexity index is 591. The summed E-state index contributed by atoms with van der Waals surface area (Å²) in [5.74, 6) is 1.98. The van der Waals surface area contributed by atoms with Gasteiger partial charge in [-0.25, -0.2) is 0 Å². The van der Waals surface area contributed by atoms with E-state index in [-0.39, 0.29) is 0 Å². The Kier molecular flexibility index (Phi) is 5.96. The largest absolute Gasteiger partial charge is 0.398 e. The Morgan fingerprint density at radius 3 is 1.72 bits per heavy atom. The maximum Gasteiger partial charge on any atom is 0.0402 e. The van der Waals surface area contributed by atoms with Gasteiger partial charge in [-0.05, 0) is 79.0 Å². The summed E-state index contributed by atoms with van der Waals surface area (Å²) in [4.78, 5) is 0. The van der Waals surface area contributed by atoms with Crippen LogP contribution in [0.2, 0.25) is 0 Å². The minimum atomic E-state index is 0.631. The summed E-state index contributed by atoms with van der Waals surface area (Å²) < 4.78 is 0. The maximum atomic E-state index is 6.74. The van der Waals surface area contributed by atoms with Crippen LogP contribution in [0.3, 0.4) is 0 Å². The lowest BCUT2D eigenvalue weighted by Gasteiger charge is -2.34. The first-order valence-electron chi connectivity index (χ1n) is 10.7. The SMILES string of the molecule is Cc1c(N)c(CC(C)C)c(C2CCCCC2)c(C2CCCCC2)c1N. The summed E-state index contributed by atoms with van der Waals surface area (Å²) in [6.07, 6.45) is 14.6. The number of hydrogen-bond donors (Lipinski definition) is 2. The van der Waals surface area contributed by atoms with E-state index in [0.717, 1.165) is 23.4 Å². The van der Waals surface area contributed by atoms with Gasteiger partial charge in [-0.1, -0.05) is 52.4 Å². The molecule has 3 rings (SSSR count). The van der Waals surface area contributed by atoms with Gasteiger partial charge in [0, 0.05) is 11.4 Å². The third-order valence-corrected chi connectivity index (χ3v) is 6.68. The Labute approximate surface area is 154 Å². The van der Waals surface area contributed by atoms with Crippen LogP contribution in [0.25, 0.3) is 0 Å². The Morgan fingerprint density at radius 2 is 1.24 bits per heavy atom. The molecule has 4 N–H and O–H groups in total. The molecule has 0 radical (unpaired) electrons. The number of benzene rings is 1. The molecule has 2 aliphatic rings. The first-order chi connectivity index (χ1) is 12.0. The number of hydrogen-bond acceptors (Lipinski definition) is 2. The molecule has 2 saturated carbocycles. The molecule has 0 unspecified atom stereocenters. The fourth-order valence-corrected chi connectivity index (χ4v) is 5.34. The van der Waals surface area contributed by atoms with E-state index >= 15 is 0 Å². The minimum Gasteiger partial charge on any atom is -0.398 e. The van der Waals surface area contributed by atoms with E-state index in [1.165, 1.54) is 75.3 Å². The van der Waals surface area contributed by atoms with Crippen molar-refractivity contribution in [1.82, 2.24) is 0 Å². The second-order valence-electron chi connectivity index (χ2n) is 9.03.